The van der Waals surface area contributed by atoms with Crippen LogP contribution in [0.3, 0.4) is 0 Å². The molecule has 20 heavy (non-hydrogen) atoms. The Labute approximate surface area is 115 Å². The number of nitrogens with zero attached hydrogens (tertiary/aromatic N) is 2. The molecule has 1 aromatic carbocycles. The van der Waals surface area contributed by atoms with Gasteiger partial charge in [-0.25, -0.2) is 4.39 Å². The van der Waals surface area contributed by atoms with E-state index in [-0.39, 0.29) is 23.3 Å². The number of rotatable bonds is 3. The van der Waals surface area contributed by atoms with Crippen LogP contribution in [0.2, 0.25) is 0 Å². The van der Waals surface area contributed by atoms with Crippen LogP contribution in [0.15, 0.2) is 22.7 Å². The molecule has 0 bridgehead atoms. The van der Waals surface area contributed by atoms with E-state index in [4.69, 9.17) is 9.26 Å². The normalized spacial score (nSPS) is 19.1. The van der Waals surface area contributed by atoms with Gasteiger partial charge in [0.1, 0.15) is 17.1 Å². The van der Waals surface area contributed by atoms with Gasteiger partial charge in [0.15, 0.2) is 5.82 Å². The van der Waals surface area contributed by atoms with E-state index in [0.717, 1.165) is 25.9 Å². The van der Waals surface area contributed by atoms with Gasteiger partial charge in [0.2, 0.25) is 0 Å². The van der Waals surface area contributed by atoms with Gasteiger partial charge in [0, 0.05) is 13.0 Å². The van der Waals surface area contributed by atoms with Gasteiger partial charge < -0.3 is 14.4 Å². The van der Waals surface area contributed by atoms with Crippen molar-refractivity contribution in [1.82, 2.24) is 10.1 Å². The van der Waals surface area contributed by atoms with Gasteiger partial charge in [-0.3, -0.25) is 0 Å². The average Bonchev–Trinajstić information content (AvgIpc) is 2.88. The maximum atomic E-state index is 13.7. The van der Waals surface area contributed by atoms with E-state index < -0.39 is 5.82 Å². The smallest absolute Gasteiger partial charge is 0.264 e. The molecule has 106 valence electrons. The summed E-state index contributed by atoms with van der Waals surface area (Å²) in [5.74, 6) is -0.343. The summed E-state index contributed by atoms with van der Waals surface area (Å²) >= 11 is 0. The lowest BCUT2D eigenvalue weighted by atomic mass is 10.1. The van der Waals surface area contributed by atoms with Gasteiger partial charge in [-0.1, -0.05) is 11.2 Å². The van der Waals surface area contributed by atoms with Gasteiger partial charge in [0.25, 0.3) is 5.89 Å². The minimum absolute atomic E-state index is 0.00795. The van der Waals surface area contributed by atoms with Gasteiger partial charge in [-0.05, 0) is 31.4 Å². The van der Waals surface area contributed by atoms with E-state index in [1.165, 1.54) is 18.2 Å². The maximum Gasteiger partial charge on any atom is 0.264 e. The van der Waals surface area contributed by atoms with Crippen LogP contribution in [-0.4, -0.2) is 28.0 Å². The molecule has 3 rings (SSSR count). The highest BCUT2D eigenvalue weighted by atomic mass is 19.1. The van der Waals surface area contributed by atoms with Crippen LogP contribution in [0, 0.1) is 5.82 Å². The Bertz CT molecular complexity index is 574. The SMILES string of the molecule is Oc1cccc(F)c1-c1nc(CC2CCCCO2)no1. The number of aromatic nitrogens is 2. The summed E-state index contributed by atoms with van der Waals surface area (Å²) in [4.78, 5) is 4.14. The summed E-state index contributed by atoms with van der Waals surface area (Å²) in [6, 6.07) is 4.04. The Kier molecular flexibility index (Phi) is 3.64. The molecule has 1 saturated heterocycles. The van der Waals surface area contributed by atoms with Crippen molar-refractivity contribution in [2.75, 3.05) is 6.61 Å². The third-order valence-corrected chi connectivity index (χ3v) is 3.36. The van der Waals surface area contributed by atoms with Crippen LogP contribution in [0.25, 0.3) is 11.5 Å². The standard InChI is InChI=1S/C14H15FN2O3/c15-10-5-3-6-11(18)13(10)14-16-12(17-20-14)8-9-4-1-2-7-19-9/h3,5-6,9,18H,1-2,4,7-8H2. The second-order valence-electron chi connectivity index (χ2n) is 4.84. The molecule has 1 unspecified atom stereocenters. The summed E-state index contributed by atoms with van der Waals surface area (Å²) in [6.45, 7) is 0.753. The van der Waals surface area contributed by atoms with Crippen molar-refractivity contribution < 1.29 is 18.8 Å². The molecule has 0 spiro atoms. The summed E-state index contributed by atoms with van der Waals surface area (Å²) < 4.78 is 24.3. The van der Waals surface area contributed by atoms with Crippen LogP contribution in [0.4, 0.5) is 4.39 Å². The largest absolute Gasteiger partial charge is 0.507 e. The Balaban J connectivity index is 1.79. The van der Waals surface area contributed by atoms with Gasteiger partial charge in [-0.2, -0.15) is 4.98 Å². The third kappa shape index (κ3) is 2.65. The molecule has 0 saturated carbocycles. The molecule has 1 N–H and O–H groups in total. The molecule has 1 fully saturated rings. The first-order valence-electron chi connectivity index (χ1n) is 6.66. The Morgan fingerprint density at radius 3 is 3.00 bits per heavy atom. The fourth-order valence-corrected chi connectivity index (χ4v) is 2.33. The van der Waals surface area contributed by atoms with Crippen LogP contribution in [-0.2, 0) is 11.2 Å². The molecule has 2 aromatic rings. The molecule has 1 aliphatic rings. The summed E-state index contributed by atoms with van der Waals surface area (Å²) in [5, 5.41) is 13.5. The first-order chi connectivity index (χ1) is 9.74. The average molecular weight is 278 g/mol. The Morgan fingerprint density at radius 1 is 1.35 bits per heavy atom. The van der Waals surface area contributed by atoms with Crippen LogP contribution < -0.4 is 0 Å². The second kappa shape index (κ2) is 5.58. The first-order valence-corrected chi connectivity index (χ1v) is 6.66. The van der Waals surface area contributed by atoms with Gasteiger partial charge in [-0.15, -0.1) is 0 Å². The van der Waals surface area contributed by atoms with Crippen molar-refractivity contribution in [2.45, 2.75) is 31.8 Å². The number of ether oxygens (including phenoxy) is 1. The van der Waals surface area contributed by atoms with Crippen LogP contribution in [0.1, 0.15) is 25.1 Å². The van der Waals surface area contributed by atoms with Gasteiger partial charge >= 0.3 is 0 Å². The fourth-order valence-electron chi connectivity index (χ4n) is 2.33. The minimum Gasteiger partial charge on any atom is -0.507 e. The highest BCUT2D eigenvalue weighted by molar-refractivity contribution is 5.62. The van der Waals surface area contributed by atoms with E-state index in [9.17, 15) is 9.50 Å². The first kappa shape index (κ1) is 13.1. The van der Waals surface area contributed by atoms with Crippen molar-refractivity contribution in [3.05, 3.63) is 29.8 Å². The fraction of sp³-hybridized carbons (Fsp3) is 0.429. The number of hydrogen-bond donors (Lipinski definition) is 1. The number of phenolic OH excluding ortho intramolecular Hbond substituents is 1. The summed E-state index contributed by atoms with van der Waals surface area (Å²) in [7, 11) is 0. The predicted molar refractivity (Wildman–Crippen MR) is 68.7 cm³/mol. The molecule has 1 atom stereocenters. The number of halogens is 1. The molecule has 2 heterocycles. The monoisotopic (exact) mass is 278 g/mol. The van der Waals surface area contributed by atoms with Crippen LogP contribution >= 0.6 is 0 Å². The van der Waals surface area contributed by atoms with Gasteiger partial charge in [0.05, 0.1) is 6.10 Å². The maximum absolute atomic E-state index is 13.7. The quantitative estimate of drug-likeness (QED) is 0.934. The summed E-state index contributed by atoms with van der Waals surface area (Å²) in [6.07, 6.45) is 3.80. The molecular weight excluding hydrogens is 263 g/mol. The van der Waals surface area contributed by atoms with E-state index in [1.807, 2.05) is 0 Å². The van der Waals surface area contributed by atoms with E-state index in [1.54, 1.807) is 0 Å². The zero-order valence-corrected chi connectivity index (χ0v) is 10.9. The molecule has 0 radical (unpaired) electrons. The third-order valence-electron chi connectivity index (χ3n) is 3.36. The van der Waals surface area contributed by atoms with E-state index in [0.29, 0.717) is 12.2 Å². The number of hydrogen-bond acceptors (Lipinski definition) is 5. The molecule has 6 heteroatoms. The minimum atomic E-state index is -0.589. The Hall–Kier alpha value is -1.95. The molecule has 1 aliphatic heterocycles. The molecule has 0 amide bonds. The molecule has 0 aliphatic carbocycles. The molecule has 1 aromatic heterocycles. The lowest BCUT2D eigenvalue weighted by Crippen LogP contribution is -2.21. The Morgan fingerprint density at radius 2 is 2.25 bits per heavy atom. The zero-order valence-electron chi connectivity index (χ0n) is 10.9. The lowest BCUT2D eigenvalue weighted by molar-refractivity contribution is 0.0153. The molecular formula is C14H15FN2O3. The lowest BCUT2D eigenvalue weighted by Gasteiger charge is -2.20. The highest BCUT2D eigenvalue weighted by Gasteiger charge is 2.21. The topological polar surface area (TPSA) is 68.4 Å². The zero-order chi connectivity index (χ0) is 13.9. The van der Waals surface area contributed by atoms with E-state index >= 15 is 0 Å². The highest BCUT2D eigenvalue weighted by Crippen LogP contribution is 2.30. The van der Waals surface area contributed by atoms with Crippen LogP contribution in [0.5, 0.6) is 5.75 Å². The van der Waals surface area contributed by atoms with Crippen molar-refractivity contribution in [1.29, 1.82) is 0 Å². The second-order valence-corrected chi connectivity index (χ2v) is 4.84. The number of phenols is 1. The van der Waals surface area contributed by atoms with E-state index in [2.05, 4.69) is 10.1 Å². The van der Waals surface area contributed by atoms with Crippen molar-refractivity contribution in [3.63, 3.8) is 0 Å². The molecule has 5 nitrogen and oxygen atoms in total. The number of benzene rings is 1. The van der Waals surface area contributed by atoms with Crippen molar-refractivity contribution >= 4 is 0 Å². The predicted octanol–water partition coefficient (Wildman–Crippen LogP) is 2.69. The number of aromatic hydroxyl groups is 1. The van der Waals surface area contributed by atoms with Crippen molar-refractivity contribution in [2.24, 2.45) is 0 Å². The summed E-state index contributed by atoms with van der Waals surface area (Å²) in [5.41, 5.74) is -0.0594. The van der Waals surface area contributed by atoms with Crippen molar-refractivity contribution in [3.8, 4) is 17.2 Å².